The van der Waals surface area contributed by atoms with Gasteiger partial charge in [0, 0.05) is 19.1 Å². The first-order valence-electron chi connectivity index (χ1n) is 7.69. The summed E-state index contributed by atoms with van der Waals surface area (Å²) in [4.78, 5) is 4.74. The molecule has 4 nitrogen and oxygen atoms in total. The fourth-order valence-electron chi connectivity index (χ4n) is 2.99. The van der Waals surface area contributed by atoms with Crippen molar-refractivity contribution in [2.75, 3.05) is 33.7 Å². The molecule has 1 aromatic carbocycles. The summed E-state index contributed by atoms with van der Waals surface area (Å²) in [5.41, 5.74) is 6.36. The summed E-state index contributed by atoms with van der Waals surface area (Å²) < 4.78 is 0. The van der Waals surface area contributed by atoms with E-state index >= 15 is 0 Å². The number of nitriles is 1. The zero-order chi connectivity index (χ0) is 15.3. The van der Waals surface area contributed by atoms with E-state index in [1.54, 1.807) is 0 Å². The van der Waals surface area contributed by atoms with Crippen molar-refractivity contribution in [1.29, 1.82) is 5.26 Å². The van der Waals surface area contributed by atoms with Crippen molar-refractivity contribution >= 4 is 0 Å². The monoisotopic (exact) mass is 286 g/mol. The molecule has 0 spiro atoms. The Bertz CT molecular complexity index is 479. The van der Waals surface area contributed by atoms with E-state index in [-0.39, 0.29) is 0 Å². The SMILES string of the molecule is CN(C)C1CCCN(CCC(N)(C#N)c2ccccc2)C1. The summed E-state index contributed by atoms with van der Waals surface area (Å²) in [5.74, 6) is 0. The van der Waals surface area contributed by atoms with Crippen LogP contribution in [-0.2, 0) is 5.54 Å². The molecule has 1 aliphatic rings. The van der Waals surface area contributed by atoms with Crippen molar-refractivity contribution in [3.8, 4) is 6.07 Å². The maximum absolute atomic E-state index is 9.51. The van der Waals surface area contributed by atoms with Crippen molar-refractivity contribution in [2.24, 2.45) is 5.73 Å². The molecule has 0 saturated carbocycles. The van der Waals surface area contributed by atoms with Crippen LogP contribution >= 0.6 is 0 Å². The predicted octanol–water partition coefficient (Wildman–Crippen LogP) is 1.78. The molecule has 1 aromatic rings. The van der Waals surface area contributed by atoms with Crippen LogP contribution in [0.25, 0.3) is 0 Å². The van der Waals surface area contributed by atoms with Gasteiger partial charge < -0.3 is 15.5 Å². The Labute approximate surface area is 128 Å². The molecule has 114 valence electrons. The molecule has 1 saturated heterocycles. The van der Waals surface area contributed by atoms with Crippen LogP contribution in [-0.4, -0.2) is 49.6 Å². The number of nitrogens with two attached hydrogens (primary N) is 1. The van der Waals surface area contributed by atoms with Crippen LogP contribution in [0.15, 0.2) is 30.3 Å². The summed E-state index contributed by atoms with van der Waals surface area (Å²) in [6.07, 6.45) is 3.15. The van der Waals surface area contributed by atoms with Crippen LogP contribution in [0.2, 0.25) is 0 Å². The first kappa shape index (κ1) is 16.0. The Morgan fingerprint density at radius 2 is 2.10 bits per heavy atom. The molecule has 2 unspecified atom stereocenters. The van der Waals surface area contributed by atoms with Crippen LogP contribution in [0, 0.1) is 11.3 Å². The summed E-state index contributed by atoms with van der Waals surface area (Å²) in [6.45, 7) is 3.06. The third-order valence-corrected chi connectivity index (χ3v) is 4.52. The molecule has 1 fully saturated rings. The molecule has 0 aromatic heterocycles. The first-order valence-corrected chi connectivity index (χ1v) is 7.69. The van der Waals surface area contributed by atoms with Crippen molar-refractivity contribution in [3.05, 3.63) is 35.9 Å². The van der Waals surface area contributed by atoms with Crippen LogP contribution in [0.4, 0.5) is 0 Å². The van der Waals surface area contributed by atoms with Gasteiger partial charge in [0.2, 0.25) is 0 Å². The van der Waals surface area contributed by atoms with Gasteiger partial charge in [-0.1, -0.05) is 30.3 Å². The maximum Gasteiger partial charge on any atom is 0.131 e. The maximum atomic E-state index is 9.51. The van der Waals surface area contributed by atoms with Crippen LogP contribution in [0.1, 0.15) is 24.8 Å². The molecule has 0 radical (unpaired) electrons. The highest BCUT2D eigenvalue weighted by Gasteiger charge is 2.29. The molecule has 1 heterocycles. The molecule has 2 atom stereocenters. The smallest absolute Gasteiger partial charge is 0.131 e. The quantitative estimate of drug-likeness (QED) is 0.896. The normalized spacial score (nSPS) is 22.7. The second-order valence-corrected chi connectivity index (χ2v) is 6.26. The number of rotatable bonds is 5. The summed E-state index contributed by atoms with van der Waals surface area (Å²) >= 11 is 0. The van der Waals surface area contributed by atoms with Gasteiger partial charge in [0.05, 0.1) is 6.07 Å². The Morgan fingerprint density at radius 3 is 2.71 bits per heavy atom. The molecule has 0 aliphatic carbocycles. The number of hydrogen-bond donors (Lipinski definition) is 1. The van der Waals surface area contributed by atoms with E-state index in [1.807, 2.05) is 30.3 Å². The van der Waals surface area contributed by atoms with Gasteiger partial charge in [0.1, 0.15) is 5.54 Å². The molecule has 21 heavy (non-hydrogen) atoms. The number of nitrogens with zero attached hydrogens (tertiary/aromatic N) is 3. The molecule has 4 heteroatoms. The van der Waals surface area contributed by atoms with Gasteiger partial charge in [-0.2, -0.15) is 5.26 Å². The van der Waals surface area contributed by atoms with E-state index in [1.165, 1.54) is 12.8 Å². The first-order chi connectivity index (χ1) is 10.0. The van der Waals surface area contributed by atoms with E-state index in [4.69, 9.17) is 5.73 Å². The average Bonchev–Trinajstić information content (AvgIpc) is 2.53. The fourth-order valence-corrected chi connectivity index (χ4v) is 2.99. The zero-order valence-electron chi connectivity index (χ0n) is 13.1. The number of hydrogen-bond acceptors (Lipinski definition) is 4. The van der Waals surface area contributed by atoms with Gasteiger partial charge in [-0.25, -0.2) is 0 Å². The number of likely N-dealkylation sites (tertiary alicyclic amines) is 1. The third kappa shape index (κ3) is 4.04. The van der Waals surface area contributed by atoms with E-state index in [0.29, 0.717) is 12.5 Å². The highest BCUT2D eigenvalue weighted by molar-refractivity contribution is 5.30. The molecule has 0 amide bonds. The van der Waals surface area contributed by atoms with E-state index in [2.05, 4.69) is 30.0 Å². The molecular weight excluding hydrogens is 260 g/mol. The third-order valence-electron chi connectivity index (χ3n) is 4.52. The van der Waals surface area contributed by atoms with Crippen molar-refractivity contribution in [2.45, 2.75) is 30.8 Å². The van der Waals surface area contributed by atoms with Crippen LogP contribution in [0.5, 0.6) is 0 Å². The van der Waals surface area contributed by atoms with Crippen LogP contribution < -0.4 is 5.73 Å². The van der Waals surface area contributed by atoms with Gasteiger partial charge in [-0.3, -0.25) is 0 Å². The van der Waals surface area contributed by atoms with E-state index < -0.39 is 5.54 Å². The largest absolute Gasteiger partial charge is 0.310 e. The Morgan fingerprint density at radius 1 is 1.38 bits per heavy atom. The molecule has 0 bridgehead atoms. The number of piperidine rings is 1. The standard InChI is InChI=1S/C17H26N4/c1-20(2)16-9-6-11-21(13-16)12-10-17(19,14-18)15-7-4-3-5-8-15/h3-5,7-8,16H,6,9-13,19H2,1-2H3. The van der Waals surface area contributed by atoms with Crippen molar-refractivity contribution < 1.29 is 0 Å². The minimum atomic E-state index is -0.883. The molecule has 2 rings (SSSR count). The molecular formula is C17H26N4. The summed E-state index contributed by atoms with van der Waals surface area (Å²) in [7, 11) is 4.28. The van der Waals surface area contributed by atoms with Crippen molar-refractivity contribution in [3.63, 3.8) is 0 Å². The summed E-state index contributed by atoms with van der Waals surface area (Å²) in [6, 6.07) is 12.7. The minimum absolute atomic E-state index is 0.615. The summed E-state index contributed by atoms with van der Waals surface area (Å²) in [5, 5.41) is 9.51. The number of benzene rings is 1. The highest BCUT2D eigenvalue weighted by Crippen LogP contribution is 2.23. The fraction of sp³-hybridized carbons (Fsp3) is 0.588. The average molecular weight is 286 g/mol. The topological polar surface area (TPSA) is 56.3 Å². The molecule has 1 aliphatic heterocycles. The van der Waals surface area contributed by atoms with Crippen molar-refractivity contribution in [1.82, 2.24) is 9.80 Å². The van der Waals surface area contributed by atoms with Crippen LogP contribution in [0.3, 0.4) is 0 Å². The predicted molar refractivity (Wildman–Crippen MR) is 85.7 cm³/mol. The Kier molecular flexibility index (Phi) is 5.35. The number of likely N-dealkylation sites (N-methyl/N-ethyl adjacent to an activating group) is 1. The van der Waals surface area contributed by atoms with Gasteiger partial charge in [0.25, 0.3) is 0 Å². The minimum Gasteiger partial charge on any atom is -0.310 e. The molecule has 2 N–H and O–H groups in total. The van der Waals surface area contributed by atoms with Gasteiger partial charge in [-0.15, -0.1) is 0 Å². The Balaban J connectivity index is 1.96. The lowest BCUT2D eigenvalue weighted by molar-refractivity contribution is 0.127. The lowest BCUT2D eigenvalue weighted by Crippen LogP contribution is -2.47. The highest BCUT2D eigenvalue weighted by atomic mass is 15.2. The zero-order valence-corrected chi connectivity index (χ0v) is 13.1. The lowest BCUT2D eigenvalue weighted by Gasteiger charge is -2.37. The van der Waals surface area contributed by atoms with Gasteiger partial charge in [-0.05, 0) is 45.5 Å². The van der Waals surface area contributed by atoms with Gasteiger partial charge >= 0.3 is 0 Å². The second kappa shape index (κ2) is 7.04. The Hall–Kier alpha value is -1.41. The van der Waals surface area contributed by atoms with E-state index in [0.717, 1.165) is 25.2 Å². The van der Waals surface area contributed by atoms with Gasteiger partial charge in [0.15, 0.2) is 0 Å². The van der Waals surface area contributed by atoms with E-state index in [9.17, 15) is 5.26 Å². The lowest BCUT2D eigenvalue weighted by atomic mass is 9.88. The second-order valence-electron chi connectivity index (χ2n) is 6.26.